The quantitative estimate of drug-likeness (QED) is 0.679. The van der Waals surface area contributed by atoms with Gasteiger partial charge in [-0.3, -0.25) is 4.79 Å². The average Bonchev–Trinajstić information content (AvgIpc) is 2.59. The number of likely N-dealkylation sites (tertiary alicyclic amines) is 1. The minimum Gasteiger partial charge on any atom is -0.388 e. The number of hydrogen-bond acceptors (Lipinski definition) is 3. The zero-order valence-corrected chi connectivity index (χ0v) is 10.3. The van der Waals surface area contributed by atoms with Crippen LogP contribution in [0.5, 0.6) is 0 Å². The van der Waals surface area contributed by atoms with Crippen molar-refractivity contribution in [2.75, 3.05) is 26.2 Å². The van der Waals surface area contributed by atoms with E-state index < -0.39 is 5.60 Å². The van der Waals surface area contributed by atoms with Crippen LogP contribution in [0.25, 0.3) is 0 Å². The van der Waals surface area contributed by atoms with Crippen LogP contribution in [0.2, 0.25) is 0 Å². The van der Waals surface area contributed by atoms with Crippen molar-refractivity contribution < 1.29 is 9.90 Å². The first kappa shape index (κ1) is 11.9. The van der Waals surface area contributed by atoms with Crippen LogP contribution in [0, 0.1) is 5.41 Å². The monoisotopic (exact) mass is 226 g/mol. The number of nitrogens with one attached hydrogen (secondary N) is 1. The third-order valence-electron chi connectivity index (χ3n) is 3.85. The number of nitrogens with zero attached hydrogens (tertiary/aromatic N) is 1. The van der Waals surface area contributed by atoms with E-state index in [9.17, 15) is 9.90 Å². The lowest BCUT2D eigenvalue weighted by Crippen LogP contribution is -2.50. The Morgan fingerprint density at radius 1 is 1.38 bits per heavy atom. The van der Waals surface area contributed by atoms with Gasteiger partial charge >= 0.3 is 0 Å². The molecule has 4 nitrogen and oxygen atoms in total. The molecule has 2 N–H and O–H groups in total. The van der Waals surface area contributed by atoms with Gasteiger partial charge in [-0.1, -0.05) is 0 Å². The Labute approximate surface area is 97.0 Å². The lowest BCUT2D eigenvalue weighted by Gasteiger charge is -2.36. The number of β-amino-alcohol motifs (C(OH)–C–C–N with tert-alkyl or cyclic N) is 1. The van der Waals surface area contributed by atoms with Crippen molar-refractivity contribution >= 4 is 5.91 Å². The van der Waals surface area contributed by atoms with Crippen LogP contribution >= 0.6 is 0 Å². The number of piperidine rings is 1. The minimum absolute atomic E-state index is 0.206. The minimum atomic E-state index is -0.686. The molecule has 2 aliphatic heterocycles. The third kappa shape index (κ3) is 2.23. The van der Waals surface area contributed by atoms with Crippen molar-refractivity contribution in [3.8, 4) is 0 Å². The standard InChI is InChI=1S/C12H22N2O2/c1-11(4-3-6-13-8-11)10(15)14-7-5-12(2,16)9-14/h13,16H,3-9H2,1-2H3. The van der Waals surface area contributed by atoms with Gasteiger partial charge in [-0.15, -0.1) is 0 Å². The molecule has 2 atom stereocenters. The van der Waals surface area contributed by atoms with Gasteiger partial charge in [0.25, 0.3) is 0 Å². The zero-order chi connectivity index (χ0) is 11.8. The van der Waals surface area contributed by atoms with Crippen LogP contribution < -0.4 is 5.32 Å². The highest BCUT2D eigenvalue weighted by molar-refractivity contribution is 5.83. The topological polar surface area (TPSA) is 52.6 Å². The molecule has 2 rings (SSSR count). The second kappa shape index (κ2) is 4.00. The first-order chi connectivity index (χ1) is 7.43. The van der Waals surface area contributed by atoms with Gasteiger partial charge in [0.15, 0.2) is 0 Å². The lowest BCUT2D eigenvalue weighted by atomic mass is 9.81. The van der Waals surface area contributed by atoms with Crippen LogP contribution in [0.4, 0.5) is 0 Å². The third-order valence-corrected chi connectivity index (χ3v) is 3.85. The molecule has 0 bridgehead atoms. The first-order valence-corrected chi connectivity index (χ1v) is 6.16. The van der Waals surface area contributed by atoms with Crippen molar-refractivity contribution in [1.82, 2.24) is 10.2 Å². The SMILES string of the molecule is CC1(O)CCN(C(=O)C2(C)CCCNC2)C1. The number of aliphatic hydroxyl groups is 1. The van der Waals surface area contributed by atoms with Gasteiger partial charge in [-0.2, -0.15) is 0 Å². The number of rotatable bonds is 1. The number of carbonyl (C=O) groups excluding carboxylic acids is 1. The predicted octanol–water partition coefficient (Wildman–Crippen LogP) is 0.359. The largest absolute Gasteiger partial charge is 0.388 e. The second-order valence-corrected chi connectivity index (χ2v) is 5.81. The first-order valence-electron chi connectivity index (χ1n) is 6.16. The van der Waals surface area contributed by atoms with Crippen molar-refractivity contribution in [2.24, 2.45) is 5.41 Å². The summed E-state index contributed by atoms with van der Waals surface area (Å²) in [5.74, 6) is 0.206. The highest BCUT2D eigenvalue weighted by Gasteiger charge is 2.42. The average molecular weight is 226 g/mol. The van der Waals surface area contributed by atoms with Gasteiger partial charge in [0.2, 0.25) is 5.91 Å². The summed E-state index contributed by atoms with van der Waals surface area (Å²) in [5, 5.41) is 13.2. The van der Waals surface area contributed by atoms with Gasteiger partial charge < -0.3 is 15.3 Å². The van der Waals surface area contributed by atoms with Gasteiger partial charge in [0, 0.05) is 19.6 Å². The van der Waals surface area contributed by atoms with Crippen molar-refractivity contribution in [1.29, 1.82) is 0 Å². The predicted molar refractivity (Wildman–Crippen MR) is 62.0 cm³/mol. The van der Waals surface area contributed by atoms with E-state index in [4.69, 9.17) is 0 Å². The van der Waals surface area contributed by atoms with Gasteiger partial charge in [0.1, 0.15) is 0 Å². The lowest BCUT2D eigenvalue weighted by molar-refractivity contribution is -0.142. The van der Waals surface area contributed by atoms with Gasteiger partial charge in [-0.25, -0.2) is 0 Å². The number of amides is 1. The number of hydrogen-bond donors (Lipinski definition) is 2. The molecule has 16 heavy (non-hydrogen) atoms. The van der Waals surface area contributed by atoms with E-state index in [1.54, 1.807) is 0 Å². The summed E-state index contributed by atoms with van der Waals surface area (Å²) in [7, 11) is 0. The van der Waals surface area contributed by atoms with Crippen LogP contribution in [0.1, 0.15) is 33.1 Å². The summed E-state index contributed by atoms with van der Waals surface area (Å²) >= 11 is 0. The van der Waals surface area contributed by atoms with Crippen LogP contribution in [0.3, 0.4) is 0 Å². The van der Waals surface area contributed by atoms with Gasteiger partial charge in [0.05, 0.1) is 11.0 Å². The van der Waals surface area contributed by atoms with E-state index in [0.717, 1.165) is 25.9 Å². The second-order valence-electron chi connectivity index (χ2n) is 5.81. The van der Waals surface area contributed by atoms with E-state index >= 15 is 0 Å². The maximum atomic E-state index is 12.4. The number of carbonyl (C=O) groups is 1. The maximum absolute atomic E-state index is 12.4. The molecule has 2 fully saturated rings. The Morgan fingerprint density at radius 2 is 2.12 bits per heavy atom. The smallest absolute Gasteiger partial charge is 0.229 e. The molecule has 92 valence electrons. The molecular formula is C12H22N2O2. The fourth-order valence-corrected chi connectivity index (χ4v) is 2.74. The van der Waals surface area contributed by atoms with Gasteiger partial charge in [-0.05, 0) is 39.7 Å². The summed E-state index contributed by atoms with van der Waals surface area (Å²) in [5.41, 5.74) is -0.952. The van der Waals surface area contributed by atoms with E-state index in [1.807, 2.05) is 18.7 Å². The summed E-state index contributed by atoms with van der Waals surface area (Å²) in [4.78, 5) is 14.2. The highest BCUT2D eigenvalue weighted by Crippen LogP contribution is 2.31. The molecule has 0 spiro atoms. The fourth-order valence-electron chi connectivity index (χ4n) is 2.74. The molecule has 2 unspecified atom stereocenters. The maximum Gasteiger partial charge on any atom is 0.229 e. The molecule has 0 aromatic heterocycles. The van der Waals surface area contributed by atoms with Crippen LogP contribution in [0.15, 0.2) is 0 Å². The molecule has 0 aliphatic carbocycles. The van der Waals surface area contributed by atoms with E-state index in [0.29, 0.717) is 19.5 Å². The summed E-state index contributed by atoms with van der Waals surface area (Å²) in [6, 6.07) is 0. The van der Waals surface area contributed by atoms with Crippen LogP contribution in [-0.4, -0.2) is 47.7 Å². The molecule has 0 radical (unpaired) electrons. The van der Waals surface area contributed by atoms with Crippen molar-refractivity contribution in [2.45, 2.75) is 38.7 Å². The molecule has 0 saturated carbocycles. The normalized spacial score (nSPS) is 40.1. The Morgan fingerprint density at radius 3 is 2.62 bits per heavy atom. The zero-order valence-electron chi connectivity index (χ0n) is 10.3. The van der Waals surface area contributed by atoms with E-state index in [1.165, 1.54) is 0 Å². The molecule has 2 saturated heterocycles. The molecule has 4 heteroatoms. The Bertz CT molecular complexity index is 283. The van der Waals surface area contributed by atoms with E-state index in [-0.39, 0.29) is 11.3 Å². The Hall–Kier alpha value is -0.610. The summed E-state index contributed by atoms with van der Waals surface area (Å²) in [6.07, 6.45) is 2.71. The van der Waals surface area contributed by atoms with Crippen LogP contribution in [-0.2, 0) is 4.79 Å². The molecule has 1 amide bonds. The summed E-state index contributed by atoms with van der Waals surface area (Å²) < 4.78 is 0. The van der Waals surface area contributed by atoms with Crippen molar-refractivity contribution in [3.63, 3.8) is 0 Å². The fraction of sp³-hybridized carbons (Fsp3) is 0.917. The van der Waals surface area contributed by atoms with Crippen molar-refractivity contribution in [3.05, 3.63) is 0 Å². The Balaban J connectivity index is 2.02. The molecule has 0 aromatic rings. The summed E-state index contributed by atoms with van der Waals surface area (Å²) in [6.45, 7) is 6.81. The van der Waals surface area contributed by atoms with E-state index in [2.05, 4.69) is 5.32 Å². The molecule has 0 aromatic carbocycles. The Kier molecular flexibility index (Phi) is 2.97. The molecular weight excluding hydrogens is 204 g/mol. The highest BCUT2D eigenvalue weighted by atomic mass is 16.3. The molecule has 2 heterocycles. The molecule has 2 aliphatic rings.